The number of nitrogens with one attached hydrogen (secondary N) is 1. The summed E-state index contributed by atoms with van der Waals surface area (Å²) in [5, 5.41) is 3.36. The highest BCUT2D eigenvalue weighted by atomic mass is 35.5. The molecule has 0 spiro atoms. The Bertz CT molecular complexity index is 761. The number of benzene rings is 2. The molecule has 0 amide bonds. The summed E-state index contributed by atoms with van der Waals surface area (Å²) in [5.41, 5.74) is 2.81. The van der Waals surface area contributed by atoms with Crippen LogP contribution in [0.15, 0.2) is 48.7 Å². The Morgan fingerprint density at radius 3 is 2.70 bits per heavy atom. The summed E-state index contributed by atoms with van der Waals surface area (Å²) < 4.78 is 13.6. The highest BCUT2D eigenvalue weighted by molar-refractivity contribution is 6.30. The third-order valence-corrected chi connectivity index (χ3v) is 3.12. The van der Waals surface area contributed by atoms with Gasteiger partial charge in [-0.25, -0.2) is 9.37 Å². The van der Waals surface area contributed by atoms with Crippen molar-refractivity contribution >= 4 is 28.3 Å². The molecular formula is C15H11ClFN3. The Hall–Kier alpha value is -2.20. The molecule has 3 nitrogen and oxygen atoms in total. The number of halogens is 2. The molecule has 1 N–H and O–H groups in total. The summed E-state index contributed by atoms with van der Waals surface area (Å²) in [6, 6.07) is 12.1. The van der Waals surface area contributed by atoms with Gasteiger partial charge in [0.25, 0.3) is 0 Å². The van der Waals surface area contributed by atoms with Crippen molar-refractivity contribution in [1.29, 1.82) is 0 Å². The Kier molecular flexibility index (Phi) is 3.48. The van der Waals surface area contributed by atoms with Crippen LogP contribution in [0.3, 0.4) is 0 Å². The molecule has 2 aromatic carbocycles. The van der Waals surface area contributed by atoms with Crippen molar-refractivity contribution in [2.75, 3.05) is 5.32 Å². The standard InChI is InChI=1S/C15H11ClFN3/c16-10-5-6-13(12(17)7-10)18-8-11-9-19-14-3-1-2-4-15(14)20-11/h1-7,9,18H,8H2. The predicted molar refractivity (Wildman–Crippen MR) is 78.3 cm³/mol. The van der Waals surface area contributed by atoms with Crippen molar-refractivity contribution in [1.82, 2.24) is 9.97 Å². The lowest BCUT2D eigenvalue weighted by Gasteiger charge is -2.07. The number of hydrogen-bond acceptors (Lipinski definition) is 3. The van der Waals surface area contributed by atoms with E-state index in [0.29, 0.717) is 17.3 Å². The molecule has 0 saturated heterocycles. The van der Waals surface area contributed by atoms with E-state index in [0.717, 1.165) is 16.7 Å². The second kappa shape index (κ2) is 5.43. The van der Waals surface area contributed by atoms with Gasteiger partial charge in [-0.1, -0.05) is 23.7 Å². The van der Waals surface area contributed by atoms with E-state index < -0.39 is 0 Å². The van der Waals surface area contributed by atoms with Gasteiger partial charge < -0.3 is 5.32 Å². The Balaban J connectivity index is 1.79. The highest BCUT2D eigenvalue weighted by Gasteiger charge is 2.04. The van der Waals surface area contributed by atoms with Crippen LogP contribution < -0.4 is 5.32 Å². The molecule has 0 saturated carbocycles. The van der Waals surface area contributed by atoms with Gasteiger partial charge in [0, 0.05) is 5.02 Å². The quantitative estimate of drug-likeness (QED) is 0.790. The van der Waals surface area contributed by atoms with Gasteiger partial charge in [-0.3, -0.25) is 4.98 Å². The van der Waals surface area contributed by atoms with Crippen LogP contribution in [0.2, 0.25) is 5.02 Å². The molecule has 0 bridgehead atoms. The van der Waals surface area contributed by atoms with Crippen molar-refractivity contribution in [3.63, 3.8) is 0 Å². The topological polar surface area (TPSA) is 37.8 Å². The highest BCUT2D eigenvalue weighted by Crippen LogP contribution is 2.19. The molecule has 0 radical (unpaired) electrons. The molecule has 0 aliphatic heterocycles. The molecule has 0 atom stereocenters. The molecule has 3 aromatic rings. The fourth-order valence-electron chi connectivity index (χ4n) is 1.90. The Morgan fingerprint density at radius 2 is 1.90 bits per heavy atom. The van der Waals surface area contributed by atoms with E-state index in [4.69, 9.17) is 11.6 Å². The maximum absolute atomic E-state index is 13.6. The fraction of sp³-hybridized carbons (Fsp3) is 0.0667. The van der Waals surface area contributed by atoms with Crippen LogP contribution in [0.4, 0.5) is 10.1 Å². The molecule has 3 rings (SSSR count). The molecular weight excluding hydrogens is 277 g/mol. The predicted octanol–water partition coefficient (Wildman–Crippen LogP) is 4.03. The first-order valence-electron chi connectivity index (χ1n) is 6.12. The molecule has 0 aliphatic rings. The lowest BCUT2D eigenvalue weighted by atomic mass is 10.3. The summed E-state index contributed by atoms with van der Waals surface area (Å²) in [7, 11) is 0. The molecule has 1 heterocycles. The number of para-hydroxylation sites is 2. The van der Waals surface area contributed by atoms with Gasteiger partial charge in [0.2, 0.25) is 0 Å². The summed E-state index contributed by atoms with van der Waals surface area (Å²) in [4.78, 5) is 8.78. The number of nitrogens with zero attached hydrogens (tertiary/aromatic N) is 2. The van der Waals surface area contributed by atoms with Crippen LogP contribution in [0.25, 0.3) is 11.0 Å². The molecule has 5 heteroatoms. The number of anilines is 1. The van der Waals surface area contributed by atoms with Crippen LogP contribution in [0, 0.1) is 5.82 Å². The smallest absolute Gasteiger partial charge is 0.147 e. The van der Waals surface area contributed by atoms with Crippen LogP contribution in [0.5, 0.6) is 0 Å². The number of rotatable bonds is 3. The molecule has 1 aromatic heterocycles. The number of fused-ring (bicyclic) bond motifs is 1. The summed E-state index contributed by atoms with van der Waals surface area (Å²) in [6.07, 6.45) is 1.68. The van der Waals surface area contributed by atoms with Crippen LogP contribution >= 0.6 is 11.6 Å². The fourth-order valence-corrected chi connectivity index (χ4v) is 2.06. The normalized spacial score (nSPS) is 10.7. The zero-order chi connectivity index (χ0) is 13.9. The summed E-state index contributed by atoms with van der Waals surface area (Å²) in [5.74, 6) is -0.383. The van der Waals surface area contributed by atoms with E-state index in [9.17, 15) is 4.39 Å². The van der Waals surface area contributed by atoms with Gasteiger partial charge in [-0.15, -0.1) is 0 Å². The molecule has 100 valence electrons. The SMILES string of the molecule is Fc1cc(Cl)ccc1NCc1cnc2ccccc2n1. The zero-order valence-electron chi connectivity index (χ0n) is 10.5. The Labute approximate surface area is 120 Å². The van der Waals surface area contributed by atoms with Gasteiger partial charge in [0.15, 0.2) is 0 Å². The second-order valence-electron chi connectivity index (χ2n) is 4.33. The summed E-state index contributed by atoms with van der Waals surface area (Å²) in [6.45, 7) is 0.399. The van der Waals surface area contributed by atoms with Crippen LogP contribution in [0.1, 0.15) is 5.69 Å². The third-order valence-electron chi connectivity index (χ3n) is 2.89. The van der Waals surface area contributed by atoms with E-state index in [-0.39, 0.29) is 5.82 Å². The average molecular weight is 288 g/mol. The van der Waals surface area contributed by atoms with Gasteiger partial charge in [-0.2, -0.15) is 0 Å². The van der Waals surface area contributed by atoms with Gasteiger partial charge in [-0.05, 0) is 30.3 Å². The van der Waals surface area contributed by atoms with Crippen molar-refractivity contribution < 1.29 is 4.39 Å². The average Bonchev–Trinajstić information content (AvgIpc) is 2.46. The van der Waals surface area contributed by atoms with Gasteiger partial charge in [0.1, 0.15) is 5.82 Å². The van der Waals surface area contributed by atoms with Crippen molar-refractivity contribution in [2.45, 2.75) is 6.54 Å². The zero-order valence-corrected chi connectivity index (χ0v) is 11.2. The first-order valence-corrected chi connectivity index (χ1v) is 6.50. The van der Waals surface area contributed by atoms with Gasteiger partial charge >= 0.3 is 0 Å². The van der Waals surface area contributed by atoms with Crippen LogP contribution in [-0.4, -0.2) is 9.97 Å². The molecule has 0 unspecified atom stereocenters. The maximum atomic E-state index is 13.6. The molecule has 0 aliphatic carbocycles. The number of aromatic nitrogens is 2. The second-order valence-corrected chi connectivity index (χ2v) is 4.76. The third kappa shape index (κ3) is 2.70. The first-order chi connectivity index (χ1) is 9.72. The molecule has 0 fully saturated rings. The van der Waals surface area contributed by atoms with Crippen molar-refractivity contribution in [3.05, 3.63) is 65.2 Å². The number of hydrogen-bond donors (Lipinski definition) is 1. The minimum atomic E-state index is -0.383. The monoisotopic (exact) mass is 287 g/mol. The minimum Gasteiger partial charge on any atom is -0.377 e. The maximum Gasteiger partial charge on any atom is 0.147 e. The minimum absolute atomic E-state index is 0.374. The lowest BCUT2D eigenvalue weighted by molar-refractivity contribution is 0.630. The Morgan fingerprint density at radius 1 is 1.10 bits per heavy atom. The lowest BCUT2D eigenvalue weighted by Crippen LogP contribution is -2.04. The van der Waals surface area contributed by atoms with E-state index in [1.807, 2.05) is 24.3 Å². The summed E-state index contributed by atoms with van der Waals surface area (Å²) >= 11 is 5.71. The molecule has 20 heavy (non-hydrogen) atoms. The van der Waals surface area contributed by atoms with Crippen LogP contribution in [-0.2, 0) is 6.54 Å². The van der Waals surface area contributed by atoms with E-state index in [1.54, 1.807) is 18.3 Å². The van der Waals surface area contributed by atoms with E-state index in [1.165, 1.54) is 6.07 Å². The van der Waals surface area contributed by atoms with Crippen molar-refractivity contribution in [2.24, 2.45) is 0 Å². The largest absolute Gasteiger partial charge is 0.377 e. The van der Waals surface area contributed by atoms with E-state index in [2.05, 4.69) is 15.3 Å². The van der Waals surface area contributed by atoms with Crippen molar-refractivity contribution in [3.8, 4) is 0 Å². The first kappa shape index (κ1) is 12.8. The van der Waals surface area contributed by atoms with Gasteiger partial charge in [0.05, 0.1) is 35.2 Å². The van der Waals surface area contributed by atoms with E-state index >= 15 is 0 Å².